The molecule has 2 aromatic heterocycles. The molecule has 0 atom stereocenters. The highest BCUT2D eigenvalue weighted by Crippen LogP contribution is 2.26. The van der Waals surface area contributed by atoms with E-state index in [1.807, 2.05) is 30.3 Å². The van der Waals surface area contributed by atoms with Crippen molar-refractivity contribution in [1.82, 2.24) is 9.97 Å². The first-order chi connectivity index (χ1) is 9.22. The van der Waals surface area contributed by atoms with Crippen LogP contribution in [0.1, 0.15) is 0 Å². The van der Waals surface area contributed by atoms with Crippen molar-refractivity contribution in [1.29, 1.82) is 0 Å². The molecule has 19 heavy (non-hydrogen) atoms. The van der Waals surface area contributed by atoms with Crippen molar-refractivity contribution in [3.63, 3.8) is 0 Å². The lowest BCUT2D eigenvalue weighted by atomic mass is 10.2. The summed E-state index contributed by atoms with van der Waals surface area (Å²) in [5.74, 6) is 0.738. The molecule has 0 radical (unpaired) electrons. The van der Waals surface area contributed by atoms with Gasteiger partial charge in [0.1, 0.15) is 5.82 Å². The molecular formula is C14H9BrClN3. The predicted octanol–water partition coefficient (Wildman–Crippen LogP) is 4.79. The number of para-hydroxylation sites is 1. The van der Waals surface area contributed by atoms with E-state index >= 15 is 0 Å². The van der Waals surface area contributed by atoms with Gasteiger partial charge >= 0.3 is 0 Å². The second kappa shape index (κ2) is 5.15. The largest absolute Gasteiger partial charge is 0.338 e. The zero-order valence-corrected chi connectivity index (χ0v) is 12.1. The quantitative estimate of drug-likeness (QED) is 0.732. The molecule has 0 bridgehead atoms. The van der Waals surface area contributed by atoms with Crippen LogP contribution in [-0.2, 0) is 0 Å². The Morgan fingerprint density at radius 2 is 1.95 bits per heavy atom. The fourth-order valence-electron chi connectivity index (χ4n) is 1.82. The molecule has 0 aliphatic carbocycles. The topological polar surface area (TPSA) is 37.8 Å². The minimum absolute atomic E-state index is 0.616. The summed E-state index contributed by atoms with van der Waals surface area (Å²) < 4.78 is 0.960. The van der Waals surface area contributed by atoms with E-state index in [4.69, 9.17) is 11.6 Å². The van der Waals surface area contributed by atoms with E-state index in [1.54, 1.807) is 18.5 Å². The lowest BCUT2D eigenvalue weighted by Gasteiger charge is -2.08. The summed E-state index contributed by atoms with van der Waals surface area (Å²) in [7, 11) is 0. The van der Waals surface area contributed by atoms with Gasteiger partial charge in [0.05, 0.1) is 16.2 Å². The zero-order chi connectivity index (χ0) is 13.2. The van der Waals surface area contributed by atoms with Crippen LogP contribution in [0.2, 0.25) is 5.02 Å². The van der Waals surface area contributed by atoms with Crippen LogP contribution in [0.15, 0.2) is 53.3 Å². The van der Waals surface area contributed by atoms with Gasteiger partial charge in [0.2, 0.25) is 0 Å². The van der Waals surface area contributed by atoms with Gasteiger partial charge in [-0.05, 0) is 40.2 Å². The molecule has 0 saturated carbocycles. The van der Waals surface area contributed by atoms with Crippen LogP contribution in [0, 0.1) is 0 Å². The number of halogens is 2. The first-order valence-electron chi connectivity index (χ1n) is 5.65. The maximum Gasteiger partial charge on any atom is 0.130 e. The van der Waals surface area contributed by atoms with Crippen molar-refractivity contribution >= 4 is 49.9 Å². The summed E-state index contributed by atoms with van der Waals surface area (Å²) in [6, 6.07) is 11.6. The van der Waals surface area contributed by atoms with Crippen molar-refractivity contribution in [2.45, 2.75) is 0 Å². The monoisotopic (exact) mass is 333 g/mol. The number of nitrogens with zero attached hydrogens (tertiary/aromatic N) is 2. The molecule has 1 aromatic carbocycles. The second-order valence-electron chi connectivity index (χ2n) is 4.02. The summed E-state index contributed by atoms with van der Waals surface area (Å²) in [6.07, 6.45) is 3.39. The third-order valence-electron chi connectivity index (χ3n) is 2.67. The van der Waals surface area contributed by atoms with E-state index in [2.05, 4.69) is 31.2 Å². The van der Waals surface area contributed by atoms with Crippen LogP contribution in [-0.4, -0.2) is 9.97 Å². The Morgan fingerprint density at radius 3 is 2.74 bits per heavy atom. The van der Waals surface area contributed by atoms with Crippen molar-refractivity contribution < 1.29 is 0 Å². The fourth-order valence-corrected chi connectivity index (χ4v) is 2.28. The number of hydrogen-bond donors (Lipinski definition) is 1. The highest BCUT2D eigenvalue weighted by atomic mass is 79.9. The molecule has 0 aliphatic rings. The molecule has 0 unspecified atom stereocenters. The van der Waals surface area contributed by atoms with Gasteiger partial charge < -0.3 is 5.32 Å². The predicted molar refractivity (Wildman–Crippen MR) is 82.0 cm³/mol. The van der Waals surface area contributed by atoms with Crippen LogP contribution >= 0.6 is 27.5 Å². The maximum atomic E-state index is 5.82. The molecule has 0 aliphatic heterocycles. The van der Waals surface area contributed by atoms with Crippen molar-refractivity contribution in [2.24, 2.45) is 0 Å². The summed E-state index contributed by atoms with van der Waals surface area (Å²) in [5, 5.41) is 4.93. The molecule has 5 heteroatoms. The van der Waals surface area contributed by atoms with Crippen LogP contribution in [0.3, 0.4) is 0 Å². The van der Waals surface area contributed by atoms with Gasteiger partial charge in [0.25, 0.3) is 0 Å². The van der Waals surface area contributed by atoms with E-state index in [0.29, 0.717) is 5.02 Å². The van der Waals surface area contributed by atoms with Gasteiger partial charge in [-0.3, -0.25) is 4.98 Å². The molecule has 0 amide bonds. The number of benzene rings is 1. The number of pyridine rings is 2. The number of hydrogen-bond acceptors (Lipinski definition) is 3. The standard InChI is InChI=1S/C14H9BrClN3/c15-10-6-9-2-1-3-12(14(9)18-7-10)19-13-5-4-11(16)8-17-13/h1-8H,(H,17,19). The zero-order valence-electron chi connectivity index (χ0n) is 9.77. The fraction of sp³-hybridized carbons (Fsp3) is 0. The van der Waals surface area contributed by atoms with Gasteiger partial charge in [-0.15, -0.1) is 0 Å². The molecule has 0 saturated heterocycles. The highest BCUT2D eigenvalue weighted by molar-refractivity contribution is 9.10. The molecule has 0 spiro atoms. The molecule has 3 nitrogen and oxygen atoms in total. The Hall–Kier alpha value is -1.65. The Labute approximate surface area is 123 Å². The SMILES string of the molecule is Clc1ccc(Nc2cccc3cc(Br)cnc23)nc1. The number of aromatic nitrogens is 2. The molecule has 0 fully saturated rings. The second-order valence-corrected chi connectivity index (χ2v) is 5.37. The number of anilines is 2. The molecular weight excluding hydrogens is 326 g/mol. The van der Waals surface area contributed by atoms with E-state index in [1.165, 1.54) is 0 Å². The van der Waals surface area contributed by atoms with Crippen LogP contribution < -0.4 is 5.32 Å². The lowest BCUT2D eigenvalue weighted by Crippen LogP contribution is -1.95. The first-order valence-corrected chi connectivity index (χ1v) is 6.82. The van der Waals surface area contributed by atoms with Crippen molar-refractivity contribution in [3.05, 3.63) is 58.3 Å². The minimum atomic E-state index is 0.616. The van der Waals surface area contributed by atoms with Crippen molar-refractivity contribution in [3.8, 4) is 0 Å². The summed E-state index contributed by atoms with van der Waals surface area (Å²) >= 11 is 9.24. The molecule has 1 N–H and O–H groups in total. The van der Waals surface area contributed by atoms with E-state index in [0.717, 1.165) is 26.9 Å². The molecule has 3 aromatic rings. The average molecular weight is 335 g/mol. The third kappa shape index (κ3) is 2.69. The van der Waals surface area contributed by atoms with Crippen LogP contribution in [0.25, 0.3) is 10.9 Å². The number of nitrogens with one attached hydrogen (secondary N) is 1. The molecule has 2 heterocycles. The number of fused-ring (bicyclic) bond motifs is 1. The Balaban J connectivity index is 2.03. The number of rotatable bonds is 2. The molecule has 94 valence electrons. The normalized spacial score (nSPS) is 10.6. The maximum absolute atomic E-state index is 5.82. The first kappa shape index (κ1) is 12.4. The van der Waals surface area contributed by atoms with Gasteiger partial charge in [-0.2, -0.15) is 0 Å². The average Bonchev–Trinajstić information content (AvgIpc) is 2.41. The smallest absolute Gasteiger partial charge is 0.130 e. The van der Waals surface area contributed by atoms with Gasteiger partial charge in [-0.25, -0.2) is 4.98 Å². The third-order valence-corrected chi connectivity index (χ3v) is 3.32. The lowest BCUT2D eigenvalue weighted by molar-refractivity contribution is 1.30. The summed E-state index contributed by atoms with van der Waals surface area (Å²) in [5.41, 5.74) is 1.82. The summed E-state index contributed by atoms with van der Waals surface area (Å²) in [4.78, 5) is 8.65. The molecule has 3 rings (SSSR count). The van der Waals surface area contributed by atoms with Crippen LogP contribution in [0.4, 0.5) is 11.5 Å². The van der Waals surface area contributed by atoms with Gasteiger partial charge in [0.15, 0.2) is 0 Å². The van der Waals surface area contributed by atoms with Crippen LogP contribution in [0.5, 0.6) is 0 Å². The van der Waals surface area contributed by atoms with E-state index in [9.17, 15) is 0 Å². The Bertz CT molecular complexity index is 728. The highest BCUT2D eigenvalue weighted by Gasteiger charge is 2.04. The van der Waals surface area contributed by atoms with Gasteiger partial charge in [0, 0.05) is 22.3 Å². The minimum Gasteiger partial charge on any atom is -0.338 e. The Kier molecular flexibility index (Phi) is 3.36. The summed E-state index contributed by atoms with van der Waals surface area (Å²) in [6.45, 7) is 0. The van der Waals surface area contributed by atoms with E-state index in [-0.39, 0.29) is 0 Å². The van der Waals surface area contributed by atoms with E-state index < -0.39 is 0 Å². The van der Waals surface area contributed by atoms with Gasteiger partial charge in [-0.1, -0.05) is 23.7 Å². The van der Waals surface area contributed by atoms with Crippen molar-refractivity contribution in [2.75, 3.05) is 5.32 Å². The Morgan fingerprint density at radius 1 is 1.05 bits per heavy atom.